The summed E-state index contributed by atoms with van der Waals surface area (Å²) in [6.45, 7) is 1.92. The number of benzene rings is 1. The average molecular weight is 220 g/mol. The summed E-state index contributed by atoms with van der Waals surface area (Å²) in [6, 6.07) is 6.63. The van der Waals surface area contributed by atoms with Crippen LogP contribution in [0.15, 0.2) is 23.1 Å². The second kappa shape index (κ2) is 4.84. The number of ketones is 1. The van der Waals surface area contributed by atoms with Crippen molar-refractivity contribution >= 4 is 17.5 Å². The maximum Gasteiger partial charge on any atom is 0.142 e. The van der Waals surface area contributed by atoms with Gasteiger partial charge in [-0.15, -0.1) is 11.8 Å². The topological polar surface area (TPSA) is 17.1 Å². The number of hydrogen-bond acceptors (Lipinski definition) is 2. The molecule has 0 N–H and O–H groups in total. The number of hydrogen-bond donors (Lipinski definition) is 0. The molecule has 80 valence electrons. The minimum absolute atomic E-state index is 0.334. The highest BCUT2D eigenvalue weighted by molar-refractivity contribution is 8.00. The average Bonchev–Trinajstić information content (AvgIpc) is 2.72. The van der Waals surface area contributed by atoms with E-state index in [0.29, 0.717) is 18.0 Å². The van der Waals surface area contributed by atoms with Gasteiger partial charge in [0.15, 0.2) is 0 Å². The number of fused-ring (bicyclic) bond motifs is 1. The minimum atomic E-state index is 0.334. The molecule has 0 fully saturated rings. The molecule has 0 heterocycles. The van der Waals surface area contributed by atoms with E-state index in [9.17, 15) is 4.79 Å². The fraction of sp³-hybridized carbons (Fsp3) is 0.462. The third-order valence-electron chi connectivity index (χ3n) is 2.86. The zero-order chi connectivity index (χ0) is 10.7. The molecule has 0 amide bonds. The molecule has 1 nitrogen and oxygen atoms in total. The van der Waals surface area contributed by atoms with E-state index in [0.717, 1.165) is 0 Å². The lowest BCUT2D eigenvalue weighted by Crippen LogP contribution is -1.98. The van der Waals surface area contributed by atoms with Gasteiger partial charge in [-0.3, -0.25) is 4.79 Å². The van der Waals surface area contributed by atoms with Gasteiger partial charge in [0, 0.05) is 11.3 Å². The number of Topliss-reactive ketones (excluding diaryl/α,β-unsaturated/α-hetero) is 1. The fourth-order valence-electron chi connectivity index (χ4n) is 1.90. The Balaban J connectivity index is 2.01. The summed E-state index contributed by atoms with van der Waals surface area (Å²) in [7, 11) is 0. The van der Waals surface area contributed by atoms with Crippen LogP contribution in [-0.4, -0.2) is 11.5 Å². The summed E-state index contributed by atoms with van der Waals surface area (Å²) in [5, 5.41) is 0. The molecule has 1 aromatic rings. The van der Waals surface area contributed by atoms with Crippen LogP contribution >= 0.6 is 11.8 Å². The van der Waals surface area contributed by atoms with Crippen molar-refractivity contribution in [1.82, 2.24) is 0 Å². The van der Waals surface area contributed by atoms with E-state index in [4.69, 9.17) is 0 Å². The number of aryl methyl sites for hydroxylation is 2. The van der Waals surface area contributed by atoms with Crippen molar-refractivity contribution in [1.29, 1.82) is 0 Å². The predicted octanol–water partition coefficient (Wildman–Crippen LogP) is 3.25. The van der Waals surface area contributed by atoms with Gasteiger partial charge in [-0.05, 0) is 42.5 Å². The van der Waals surface area contributed by atoms with E-state index in [-0.39, 0.29) is 0 Å². The highest BCUT2D eigenvalue weighted by Crippen LogP contribution is 2.27. The molecule has 15 heavy (non-hydrogen) atoms. The first-order valence-corrected chi connectivity index (χ1v) is 6.54. The zero-order valence-corrected chi connectivity index (χ0v) is 9.90. The number of thioether (sulfide) groups is 1. The SMILES string of the molecule is CCC(=O)CSc1ccc2c(c1)CCC2. The lowest BCUT2D eigenvalue weighted by atomic mass is 10.1. The van der Waals surface area contributed by atoms with Crippen LogP contribution in [0.3, 0.4) is 0 Å². The van der Waals surface area contributed by atoms with Crippen LogP contribution in [0.2, 0.25) is 0 Å². The molecule has 0 saturated carbocycles. The van der Waals surface area contributed by atoms with E-state index in [1.807, 2.05) is 6.92 Å². The smallest absolute Gasteiger partial charge is 0.142 e. The lowest BCUT2D eigenvalue weighted by molar-refractivity contribution is -0.116. The third kappa shape index (κ3) is 2.63. The maximum absolute atomic E-state index is 11.2. The van der Waals surface area contributed by atoms with E-state index in [1.165, 1.54) is 35.3 Å². The third-order valence-corrected chi connectivity index (χ3v) is 3.92. The first-order chi connectivity index (χ1) is 7.29. The summed E-state index contributed by atoms with van der Waals surface area (Å²) < 4.78 is 0. The number of rotatable bonds is 4. The van der Waals surface area contributed by atoms with Gasteiger partial charge >= 0.3 is 0 Å². The predicted molar refractivity (Wildman–Crippen MR) is 64.5 cm³/mol. The molecule has 0 atom stereocenters. The molecular weight excluding hydrogens is 204 g/mol. The molecule has 1 aliphatic rings. The van der Waals surface area contributed by atoms with E-state index in [1.54, 1.807) is 11.8 Å². The van der Waals surface area contributed by atoms with Gasteiger partial charge in [0.1, 0.15) is 5.78 Å². The molecule has 1 aromatic carbocycles. The van der Waals surface area contributed by atoms with Gasteiger partial charge in [-0.1, -0.05) is 13.0 Å². The summed E-state index contributed by atoms with van der Waals surface area (Å²) in [6.07, 6.45) is 4.38. The van der Waals surface area contributed by atoms with Crippen molar-refractivity contribution in [2.45, 2.75) is 37.5 Å². The quantitative estimate of drug-likeness (QED) is 0.725. The lowest BCUT2D eigenvalue weighted by Gasteiger charge is -2.03. The second-order valence-electron chi connectivity index (χ2n) is 3.96. The molecule has 0 unspecified atom stereocenters. The number of carbonyl (C=O) groups excluding carboxylic acids is 1. The standard InChI is InChI=1S/C13H16OS/c1-2-12(14)9-15-13-7-6-10-4-3-5-11(10)8-13/h6-8H,2-5,9H2,1H3. The van der Waals surface area contributed by atoms with Crippen LogP contribution in [-0.2, 0) is 17.6 Å². The van der Waals surface area contributed by atoms with Crippen LogP contribution < -0.4 is 0 Å². The molecule has 1 aliphatic carbocycles. The van der Waals surface area contributed by atoms with Crippen LogP contribution in [0.1, 0.15) is 30.9 Å². The summed E-state index contributed by atoms with van der Waals surface area (Å²) in [5.41, 5.74) is 2.99. The Labute approximate surface area is 95.3 Å². The molecule has 0 radical (unpaired) electrons. The highest BCUT2D eigenvalue weighted by atomic mass is 32.2. The molecule has 2 heteroatoms. The number of carbonyl (C=O) groups is 1. The largest absolute Gasteiger partial charge is 0.299 e. The maximum atomic E-state index is 11.2. The van der Waals surface area contributed by atoms with E-state index >= 15 is 0 Å². The van der Waals surface area contributed by atoms with Crippen LogP contribution in [0.4, 0.5) is 0 Å². The Morgan fingerprint density at radius 2 is 2.13 bits per heavy atom. The van der Waals surface area contributed by atoms with E-state index < -0.39 is 0 Å². The zero-order valence-electron chi connectivity index (χ0n) is 9.08. The van der Waals surface area contributed by atoms with Gasteiger partial charge in [0.25, 0.3) is 0 Å². The molecule has 0 saturated heterocycles. The first-order valence-electron chi connectivity index (χ1n) is 5.56. The van der Waals surface area contributed by atoms with Gasteiger partial charge < -0.3 is 0 Å². The summed E-state index contributed by atoms with van der Waals surface area (Å²) >= 11 is 1.67. The summed E-state index contributed by atoms with van der Waals surface area (Å²) in [4.78, 5) is 12.4. The van der Waals surface area contributed by atoms with Gasteiger partial charge in [-0.2, -0.15) is 0 Å². The van der Waals surface area contributed by atoms with Crippen molar-refractivity contribution in [3.8, 4) is 0 Å². The Kier molecular flexibility index (Phi) is 3.47. The normalized spacial score (nSPS) is 13.9. The first kappa shape index (κ1) is 10.7. The van der Waals surface area contributed by atoms with Gasteiger partial charge in [-0.25, -0.2) is 0 Å². The molecule has 0 aliphatic heterocycles. The molecule has 0 bridgehead atoms. The van der Waals surface area contributed by atoms with Crippen LogP contribution in [0, 0.1) is 0 Å². The Bertz CT molecular complexity index is 371. The van der Waals surface area contributed by atoms with Crippen molar-refractivity contribution < 1.29 is 4.79 Å². The minimum Gasteiger partial charge on any atom is -0.299 e. The Hall–Kier alpha value is -0.760. The Morgan fingerprint density at radius 3 is 2.93 bits per heavy atom. The molecular formula is C13H16OS. The second-order valence-corrected chi connectivity index (χ2v) is 5.01. The van der Waals surface area contributed by atoms with Crippen LogP contribution in [0.5, 0.6) is 0 Å². The highest BCUT2D eigenvalue weighted by Gasteiger charge is 2.11. The monoisotopic (exact) mass is 220 g/mol. The van der Waals surface area contributed by atoms with Crippen LogP contribution in [0.25, 0.3) is 0 Å². The van der Waals surface area contributed by atoms with Crippen molar-refractivity contribution in [3.63, 3.8) is 0 Å². The Morgan fingerprint density at radius 1 is 1.33 bits per heavy atom. The van der Waals surface area contributed by atoms with Gasteiger partial charge in [0.2, 0.25) is 0 Å². The van der Waals surface area contributed by atoms with Crippen molar-refractivity contribution in [3.05, 3.63) is 29.3 Å². The van der Waals surface area contributed by atoms with Crippen molar-refractivity contribution in [2.75, 3.05) is 5.75 Å². The fourth-order valence-corrected chi connectivity index (χ4v) is 2.83. The molecule has 0 spiro atoms. The molecule has 0 aromatic heterocycles. The molecule has 2 rings (SSSR count). The summed E-state index contributed by atoms with van der Waals surface area (Å²) in [5.74, 6) is 0.954. The van der Waals surface area contributed by atoms with E-state index in [2.05, 4.69) is 18.2 Å². The van der Waals surface area contributed by atoms with Crippen molar-refractivity contribution in [2.24, 2.45) is 0 Å². The van der Waals surface area contributed by atoms with Gasteiger partial charge in [0.05, 0.1) is 5.75 Å².